The molecule has 0 saturated heterocycles. The van der Waals surface area contributed by atoms with E-state index >= 15 is 0 Å². The van der Waals surface area contributed by atoms with Gasteiger partial charge in [0.25, 0.3) is 0 Å². The summed E-state index contributed by atoms with van der Waals surface area (Å²) in [5, 5.41) is 11.9. The summed E-state index contributed by atoms with van der Waals surface area (Å²) in [6.07, 6.45) is 0.0958. The largest absolute Gasteiger partial charge is 0.324 e. The van der Waals surface area contributed by atoms with E-state index in [1.165, 1.54) is 6.07 Å². The third kappa shape index (κ3) is 3.33. The second kappa shape index (κ2) is 6.85. The Bertz CT molecular complexity index is 1130. The fourth-order valence-electron chi connectivity index (χ4n) is 3.06. The summed E-state index contributed by atoms with van der Waals surface area (Å²) in [7, 11) is 0. The van der Waals surface area contributed by atoms with Gasteiger partial charge in [0.15, 0.2) is 0 Å². The van der Waals surface area contributed by atoms with E-state index in [0.717, 1.165) is 5.56 Å². The zero-order valence-corrected chi connectivity index (χ0v) is 14.2. The molecule has 0 fully saturated rings. The first-order chi connectivity index (χ1) is 13.1. The summed E-state index contributed by atoms with van der Waals surface area (Å²) in [5.74, 6) is -0.532. The van der Waals surface area contributed by atoms with Crippen molar-refractivity contribution in [1.82, 2.24) is 0 Å². The molecule has 0 spiro atoms. The SMILES string of the molecule is N#Cc1cccc(C2=Nc3ccc(-c4ccccc4F)cc3NC(=O)C2)c1. The Morgan fingerprint density at radius 2 is 1.85 bits per heavy atom. The van der Waals surface area contributed by atoms with Gasteiger partial charge in [0, 0.05) is 5.56 Å². The van der Waals surface area contributed by atoms with Crippen LogP contribution in [-0.4, -0.2) is 11.6 Å². The predicted octanol–water partition coefficient (Wildman–Crippen LogP) is 4.83. The molecule has 27 heavy (non-hydrogen) atoms. The zero-order valence-electron chi connectivity index (χ0n) is 14.2. The molecule has 0 atom stereocenters. The average molecular weight is 355 g/mol. The van der Waals surface area contributed by atoms with Gasteiger partial charge in [0.1, 0.15) is 5.82 Å². The van der Waals surface area contributed by atoms with E-state index in [1.807, 2.05) is 6.07 Å². The molecule has 1 N–H and O–H groups in total. The molecule has 1 heterocycles. The van der Waals surface area contributed by atoms with Crippen molar-refractivity contribution in [1.29, 1.82) is 5.26 Å². The van der Waals surface area contributed by atoms with E-state index in [0.29, 0.717) is 33.8 Å². The van der Waals surface area contributed by atoms with Gasteiger partial charge in [-0.25, -0.2) is 4.39 Å². The highest BCUT2D eigenvalue weighted by molar-refractivity contribution is 6.17. The van der Waals surface area contributed by atoms with E-state index in [-0.39, 0.29) is 18.1 Å². The highest BCUT2D eigenvalue weighted by Crippen LogP contribution is 2.34. The topological polar surface area (TPSA) is 65.2 Å². The Morgan fingerprint density at radius 3 is 2.67 bits per heavy atom. The Hall–Kier alpha value is -3.78. The number of hydrogen-bond donors (Lipinski definition) is 1. The first-order valence-corrected chi connectivity index (χ1v) is 8.41. The number of halogens is 1. The summed E-state index contributed by atoms with van der Waals surface area (Å²) in [4.78, 5) is 17.0. The summed E-state index contributed by atoms with van der Waals surface area (Å²) < 4.78 is 14.1. The van der Waals surface area contributed by atoms with Crippen LogP contribution in [0.5, 0.6) is 0 Å². The Labute approximate surface area is 155 Å². The molecular formula is C22H14FN3O. The minimum Gasteiger partial charge on any atom is -0.324 e. The van der Waals surface area contributed by atoms with Crippen LogP contribution in [0.25, 0.3) is 11.1 Å². The third-order valence-corrected chi connectivity index (χ3v) is 4.36. The highest BCUT2D eigenvalue weighted by atomic mass is 19.1. The van der Waals surface area contributed by atoms with Crippen LogP contribution in [0, 0.1) is 17.1 Å². The van der Waals surface area contributed by atoms with E-state index < -0.39 is 0 Å². The number of carbonyl (C=O) groups is 1. The Morgan fingerprint density at radius 1 is 1.00 bits per heavy atom. The van der Waals surface area contributed by atoms with Gasteiger partial charge in [-0.1, -0.05) is 36.4 Å². The molecule has 0 bridgehead atoms. The fraction of sp³-hybridized carbons (Fsp3) is 0.0455. The first kappa shape index (κ1) is 16.7. The van der Waals surface area contributed by atoms with E-state index in [9.17, 15) is 9.18 Å². The maximum absolute atomic E-state index is 14.1. The zero-order chi connectivity index (χ0) is 18.8. The van der Waals surface area contributed by atoms with Gasteiger partial charge in [-0.3, -0.25) is 9.79 Å². The maximum Gasteiger partial charge on any atom is 0.230 e. The molecule has 0 radical (unpaired) electrons. The van der Waals surface area contributed by atoms with Crippen LogP contribution in [0.15, 0.2) is 71.7 Å². The number of carbonyl (C=O) groups excluding carboxylic acids is 1. The van der Waals surface area contributed by atoms with Gasteiger partial charge >= 0.3 is 0 Å². The van der Waals surface area contributed by atoms with Crippen LogP contribution in [-0.2, 0) is 4.79 Å². The number of benzene rings is 3. The van der Waals surface area contributed by atoms with Crippen molar-refractivity contribution >= 4 is 23.0 Å². The minimum absolute atomic E-state index is 0.0958. The molecule has 0 aromatic heterocycles. The molecule has 5 heteroatoms. The number of amides is 1. The van der Waals surface area contributed by atoms with Gasteiger partial charge < -0.3 is 5.32 Å². The monoisotopic (exact) mass is 355 g/mol. The molecule has 0 aliphatic carbocycles. The molecular weight excluding hydrogens is 341 g/mol. The standard InChI is InChI=1S/C22H14FN3O/c23-18-7-2-1-6-17(18)15-8-9-19-21(11-15)26-22(27)12-20(25-19)16-5-3-4-14(10-16)13-24/h1-11H,12H2,(H,26,27). The first-order valence-electron chi connectivity index (χ1n) is 8.41. The number of nitriles is 1. The highest BCUT2D eigenvalue weighted by Gasteiger charge is 2.18. The van der Waals surface area contributed by atoms with Crippen molar-refractivity contribution < 1.29 is 9.18 Å². The molecule has 130 valence electrons. The normalized spacial score (nSPS) is 13.0. The van der Waals surface area contributed by atoms with Crippen LogP contribution in [0.3, 0.4) is 0 Å². The number of rotatable bonds is 2. The van der Waals surface area contributed by atoms with E-state index in [2.05, 4.69) is 16.4 Å². The number of aliphatic imine (C=N–C) groups is 1. The van der Waals surface area contributed by atoms with E-state index in [1.54, 1.807) is 54.6 Å². The minimum atomic E-state index is -0.324. The lowest BCUT2D eigenvalue weighted by Crippen LogP contribution is -2.15. The maximum atomic E-state index is 14.1. The number of hydrogen-bond acceptors (Lipinski definition) is 3. The van der Waals surface area contributed by atoms with Crippen LogP contribution in [0.2, 0.25) is 0 Å². The summed E-state index contributed by atoms with van der Waals surface area (Å²) in [6.45, 7) is 0. The Balaban J connectivity index is 1.79. The summed E-state index contributed by atoms with van der Waals surface area (Å²) in [5.41, 5.74) is 4.08. The molecule has 3 aromatic rings. The quantitative estimate of drug-likeness (QED) is 0.716. The Kier molecular flexibility index (Phi) is 4.23. The smallest absolute Gasteiger partial charge is 0.230 e. The lowest BCUT2D eigenvalue weighted by atomic mass is 10.0. The van der Waals surface area contributed by atoms with Crippen molar-refractivity contribution in [3.05, 3.63) is 83.7 Å². The molecule has 0 saturated carbocycles. The summed E-state index contributed by atoms with van der Waals surface area (Å²) in [6, 6.07) is 20.9. The van der Waals surface area contributed by atoms with Crippen molar-refractivity contribution in [2.45, 2.75) is 6.42 Å². The molecule has 3 aromatic carbocycles. The number of anilines is 1. The van der Waals surface area contributed by atoms with Gasteiger partial charge in [0.2, 0.25) is 5.91 Å². The number of fused-ring (bicyclic) bond motifs is 1. The van der Waals surface area contributed by atoms with Crippen molar-refractivity contribution in [2.24, 2.45) is 4.99 Å². The van der Waals surface area contributed by atoms with Crippen molar-refractivity contribution in [3.8, 4) is 17.2 Å². The predicted molar refractivity (Wildman–Crippen MR) is 102 cm³/mol. The van der Waals surface area contributed by atoms with Gasteiger partial charge in [0.05, 0.1) is 35.1 Å². The average Bonchev–Trinajstić information content (AvgIpc) is 2.85. The van der Waals surface area contributed by atoms with Gasteiger partial charge in [-0.2, -0.15) is 5.26 Å². The summed E-state index contributed by atoms with van der Waals surface area (Å²) >= 11 is 0. The number of nitrogens with one attached hydrogen (secondary N) is 1. The molecule has 4 nitrogen and oxygen atoms in total. The molecule has 1 aliphatic heterocycles. The fourth-order valence-corrected chi connectivity index (χ4v) is 3.06. The van der Waals surface area contributed by atoms with E-state index in [4.69, 9.17) is 5.26 Å². The van der Waals surface area contributed by atoms with Crippen molar-refractivity contribution in [3.63, 3.8) is 0 Å². The second-order valence-corrected chi connectivity index (χ2v) is 6.19. The molecule has 0 unspecified atom stereocenters. The second-order valence-electron chi connectivity index (χ2n) is 6.19. The number of nitrogens with zero attached hydrogens (tertiary/aromatic N) is 2. The molecule has 1 aliphatic rings. The molecule has 4 rings (SSSR count). The van der Waals surface area contributed by atoms with Crippen molar-refractivity contribution in [2.75, 3.05) is 5.32 Å². The van der Waals surface area contributed by atoms with Gasteiger partial charge in [-0.15, -0.1) is 0 Å². The molecule has 1 amide bonds. The van der Waals surface area contributed by atoms with Crippen LogP contribution >= 0.6 is 0 Å². The lowest BCUT2D eigenvalue weighted by molar-refractivity contribution is -0.115. The lowest BCUT2D eigenvalue weighted by Gasteiger charge is -2.09. The van der Waals surface area contributed by atoms with Crippen LogP contribution < -0.4 is 5.32 Å². The van der Waals surface area contributed by atoms with Crippen LogP contribution in [0.4, 0.5) is 15.8 Å². The van der Waals surface area contributed by atoms with Gasteiger partial charge in [-0.05, 0) is 41.5 Å². The third-order valence-electron chi connectivity index (χ3n) is 4.36. The van der Waals surface area contributed by atoms with Crippen LogP contribution in [0.1, 0.15) is 17.5 Å².